The lowest BCUT2D eigenvalue weighted by molar-refractivity contribution is -0.149. The van der Waals surface area contributed by atoms with Crippen molar-refractivity contribution in [1.82, 2.24) is 20.1 Å². The smallest absolute Gasteiger partial charge is 0.343 e. The molecule has 8 heteroatoms. The number of aromatic amines is 1. The van der Waals surface area contributed by atoms with Gasteiger partial charge in [-0.3, -0.25) is 14.7 Å². The van der Waals surface area contributed by atoms with E-state index in [2.05, 4.69) is 15.5 Å². The molecule has 7 nitrogen and oxygen atoms in total. The molecular weight excluding hydrogens is 280 g/mol. The topological polar surface area (TPSA) is 89.0 Å². The summed E-state index contributed by atoms with van der Waals surface area (Å²) in [6, 6.07) is 0.132. The van der Waals surface area contributed by atoms with Crippen LogP contribution in [-0.2, 0) is 16.6 Å². The van der Waals surface area contributed by atoms with Crippen LogP contribution in [0.15, 0.2) is 9.95 Å². The standard InChI is InChI=1S/C12H22N4O3S/c1-6-19-9(17)12(4,13-8(2)3)7-20-11-15-14-10(18)16(11)5/h8,13H,6-7H2,1-5H3,(H,14,18). The Kier molecular flexibility index (Phi) is 5.82. The first-order valence-electron chi connectivity index (χ1n) is 6.49. The molecule has 1 aromatic heterocycles. The van der Waals surface area contributed by atoms with Gasteiger partial charge >= 0.3 is 11.7 Å². The summed E-state index contributed by atoms with van der Waals surface area (Å²) in [5.74, 6) is 0.115. The number of hydrogen-bond donors (Lipinski definition) is 2. The highest BCUT2D eigenvalue weighted by Crippen LogP contribution is 2.21. The van der Waals surface area contributed by atoms with Crippen molar-refractivity contribution in [3.8, 4) is 0 Å². The normalized spacial score (nSPS) is 14.3. The van der Waals surface area contributed by atoms with Gasteiger partial charge in [-0.15, -0.1) is 5.10 Å². The van der Waals surface area contributed by atoms with E-state index < -0.39 is 5.54 Å². The molecule has 0 radical (unpaired) electrons. The second-order valence-corrected chi connectivity index (χ2v) is 5.95. The predicted molar refractivity (Wildman–Crippen MR) is 77.9 cm³/mol. The maximum absolute atomic E-state index is 12.1. The molecule has 0 amide bonds. The Bertz CT molecular complexity index is 511. The largest absolute Gasteiger partial charge is 0.465 e. The van der Waals surface area contributed by atoms with Gasteiger partial charge in [0.2, 0.25) is 0 Å². The van der Waals surface area contributed by atoms with Crippen LogP contribution in [0, 0.1) is 0 Å². The van der Waals surface area contributed by atoms with E-state index in [1.807, 2.05) is 13.8 Å². The molecule has 0 aromatic carbocycles. The minimum Gasteiger partial charge on any atom is -0.465 e. The molecule has 0 fully saturated rings. The number of rotatable bonds is 7. The summed E-state index contributed by atoms with van der Waals surface area (Å²) in [6.45, 7) is 7.83. The van der Waals surface area contributed by atoms with Gasteiger partial charge in [0.15, 0.2) is 5.16 Å². The minimum atomic E-state index is -0.830. The molecule has 0 aliphatic rings. The summed E-state index contributed by atoms with van der Waals surface area (Å²) in [4.78, 5) is 23.4. The summed E-state index contributed by atoms with van der Waals surface area (Å²) in [6.07, 6.45) is 0. The molecule has 0 aliphatic heterocycles. The summed E-state index contributed by atoms with van der Waals surface area (Å²) in [5, 5.41) is 10.0. The number of carbonyl (C=O) groups is 1. The molecule has 0 spiro atoms. The van der Waals surface area contributed by atoms with E-state index in [1.165, 1.54) is 16.3 Å². The minimum absolute atomic E-state index is 0.132. The molecule has 1 aromatic rings. The monoisotopic (exact) mass is 302 g/mol. The first kappa shape index (κ1) is 16.8. The Labute approximate surface area is 122 Å². The van der Waals surface area contributed by atoms with Gasteiger partial charge in [-0.1, -0.05) is 11.8 Å². The maximum Gasteiger partial charge on any atom is 0.343 e. The Morgan fingerprint density at radius 3 is 2.70 bits per heavy atom. The van der Waals surface area contributed by atoms with E-state index in [1.54, 1.807) is 20.9 Å². The van der Waals surface area contributed by atoms with Crippen molar-refractivity contribution in [3.63, 3.8) is 0 Å². The van der Waals surface area contributed by atoms with E-state index in [0.717, 1.165) is 0 Å². The molecule has 1 heterocycles. The van der Waals surface area contributed by atoms with Gasteiger partial charge < -0.3 is 4.74 Å². The molecule has 20 heavy (non-hydrogen) atoms. The van der Waals surface area contributed by atoms with Crippen LogP contribution in [0.1, 0.15) is 27.7 Å². The van der Waals surface area contributed by atoms with Gasteiger partial charge in [0, 0.05) is 18.8 Å². The number of carbonyl (C=O) groups excluding carboxylic acids is 1. The molecule has 0 saturated heterocycles. The maximum atomic E-state index is 12.1. The quantitative estimate of drug-likeness (QED) is 0.564. The third kappa shape index (κ3) is 4.11. The Morgan fingerprint density at radius 1 is 1.60 bits per heavy atom. The fourth-order valence-electron chi connectivity index (χ4n) is 1.76. The average Bonchev–Trinajstić information content (AvgIpc) is 2.67. The Balaban J connectivity index is 2.82. The van der Waals surface area contributed by atoms with Gasteiger partial charge in [0.05, 0.1) is 6.61 Å². The highest BCUT2D eigenvalue weighted by Gasteiger charge is 2.35. The van der Waals surface area contributed by atoms with Crippen molar-refractivity contribution < 1.29 is 9.53 Å². The zero-order chi connectivity index (χ0) is 15.3. The molecule has 0 saturated carbocycles. The molecule has 0 aliphatic carbocycles. The molecule has 1 unspecified atom stereocenters. The van der Waals surface area contributed by atoms with Crippen LogP contribution in [-0.4, -0.2) is 44.7 Å². The first-order valence-corrected chi connectivity index (χ1v) is 7.48. The van der Waals surface area contributed by atoms with Crippen molar-refractivity contribution in [2.75, 3.05) is 12.4 Å². The molecule has 114 valence electrons. The number of nitrogens with zero attached hydrogens (tertiary/aromatic N) is 2. The fourth-order valence-corrected chi connectivity index (χ4v) is 2.76. The van der Waals surface area contributed by atoms with Crippen LogP contribution in [0.5, 0.6) is 0 Å². The van der Waals surface area contributed by atoms with E-state index in [0.29, 0.717) is 17.5 Å². The first-order chi connectivity index (χ1) is 9.30. The van der Waals surface area contributed by atoms with Crippen molar-refractivity contribution in [3.05, 3.63) is 10.5 Å². The Hall–Kier alpha value is -1.28. The molecule has 2 N–H and O–H groups in total. The third-order valence-electron chi connectivity index (χ3n) is 2.66. The van der Waals surface area contributed by atoms with Crippen LogP contribution in [0.3, 0.4) is 0 Å². The van der Waals surface area contributed by atoms with Gasteiger partial charge in [0.1, 0.15) is 5.54 Å². The molecule has 1 atom stereocenters. The van der Waals surface area contributed by atoms with Crippen molar-refractivity contribution >= 4 is 17.7 Å². The molecule has 1 rings (SSSR count). The lowest BCUT2D eigenvalue weighted by Gasteiger charge is -2.30. The number of thioether (sulfide) groups is 1. The van der Waals surface area contributed by atoms with Crippen LogP contribution < -0.4 is 11.0 Å². The second kappa shape index (κ2) is 6.94. The number of H-pyrrole nitrogens is 1. The molecular formula is C12H22N4O3S. The van der Waals surface area contributed by atoms with Gasteiger partial charge in [-0.05, 0) is 27.7 Å². The van der Waals surface area contributed by atoms with Crippen LogP contribution in [0.2, 0.25) is 0 Å². The van der Waals surface area contributed by atoms with Crippen LogP contribution in [0.4, 0.5) is 0 Å². The summed E-state index contributed by atoms with van der Waals surface area (Å²) in [5.41, 5.74) is -1.11. The molecule has 0 bridgehead atoms. The lowest BCUT2D eigenvalue weighted by atomic mass is 10.0. The third-order valence-corrected chi connectivity index (χ3v) is 4.01. The van der Waals surface area contributed by atoms with Crippen LogP contribution >= 0.6 is 11.8 Å². The zero-order valence-electron chi connectivity index (χ0n) is 12.5. The predicted octanol–water partition coefficient (Wildman–Crippen LogP) is 0.520. The number of esters is 1. The average molecular weight is 302 g/mol. The SMILES string of the molecule is CCOC(=O)C(C)(CSc1n[nH]c(=O)n1C)NC(C)C. The number of hydrogen-bond acceptors (Lipinski definition) is 6. The highest BCUT2D eigenvalue weighted by molar-refractivity contribution is 7.99. The number of ether oxygens (including phenoxy) is 1. The highest BCUT2D eigenvalue weighted by atomic mass is 32.2. The summed E-state index contributed by atoms with van der Waals surface area (Å²) >= 11 is 1.33. The number of nitrogens with one attached hydrogen (secondary N) is 2. The van der Waals surface area contributed by atoms with E-state index in [4.69, 9.17) is 4.74 Å². The van der Waals surface area contributed by atoms with Gasteiger partial charge in [0.25, 0.3) is 0 Å². The summed E-state index contributed by atoms with van der Waals surface area (Å²) in [7, 11) is 1.63. The van der Waals surface area contributed by atoms with E-state index in [-0.39, 0.29) is 17.7 Å². The second-order valence-electron chi connectivity index (χ2n) is 5.01. The fraction of sp³-hybridized carbons (Fsp3) is 0.750. The van der Waals surface area contributed by atoms with Crippen LogP contribution in [0.25, 0.3) is 0 Å². The lowest BCUT2D eigenvalue weighted by Crippen LogP contribution is -2.55. The summed E-state index contributed by atoms with van der Waals surface area (Å²) < 4.78 is 6.53. The van der Waals surface area contributed by atoms with E-state index in [9.17, 15) is 9.59 Å². The van der Waals surface area contributed by atoms with E-state index >= 15 is 0 Å². The number of aromatic nitrogens is 3. The van der Waals surface area contributed by atoms with Crippen molar-refractivity contribution in [2.45, 2.75) is 44.4 Å². The van der Waals surface area contributed by atoms with Gasteiger partial charge in [-0.2, -0.15) is 0 Å². The Morgan fingerprint density at radius 2 is 2.25 bits per heavy atom. The zero-order valence-corrected chi connectivity index (χ0v) is 13.3. The van der Waals surface area contributed by atoms with Gasteiger partial charge in [-0.25, -0.2) is 9.89 Å². The van der Waals surface area contributed by atoms with Crippen molar-refractivity contribution in [1.29, 1.82) is 0 Å². The van der Waals surface area contributed by atoms with Crippen molar-refractivity contribution in [2.24, 2.45) is 7.05 Å².